The van der Waals surface area contributed by atoms with E-state index in [-0.39, 0.29) is 29.3 Å². The first kappa shape index (κ1) is 16.9. The molecule has 1 unspecified atom stereocenters. The molecule has 0 aliphatic carbocycles. The third-order valence-electron chi connectivity index (χ3n) is 4.97. The van der Waals surface area contributed by atoms with Gasteiger partial charge < -0.3 is 10.2 Å². The van der Waals surface area contributed by atoms with Crippen LogP contribution in [-0.4, -0.2) is 65.4 Å². The van der Waals surface area contributed by atoms with Crippen LogP contribution in [0.4, 0.5) is 0 Å². The lowest BCUT2D eigenvalue weighted by Gasteiger charge is -2.48. The highest BCUT2D eigenvalue weighted by Gasteiger charge is 2.53. The number of nitrogens with zero attached hydrogens (tertiary/aromatic N) is 3. The molecule has 2 fully saturated rings. The SMILES string of the molecule is Cc1ccc(C(=O)N2CC3(CC(C(=O)NC(C)C)N(C)C3)C2)cn1. The summed E-state index contributed by atoms with van der Waals surface area (Å²) in [7, 11) is 1.99. The molecule has 1 aromatic heterocycles. The molecule has 1 atom stereocenters. The first-order chi connectivity index (χ1) is 11.3. The molecule has 2 aliphatic heterocycles. The molecule has 0 bridgehead atoms. The van der Waals surface area contributed by atoms with Crippen molar-refractivity contribution in [2.75, 3.05) is 26.7 Å². The van der Waals surface area contributed by atoms with Crippen molar-refractivity contribution in [3.8, 4) is 0 Å². The van der Waals surface area contributed by atoms with Crippen LogP contribution in [0.15, 0.2) is 18.3 Å². The molecule has 6 heteroatoms. The Hall–Kier alpha value is -1.95. The van der Waals surface area contributed by atoms with Crippen LogP contribution in [0, 0.1) is 12.3 Å². The van der Waals surface area contributed by atoms with E-state index in [4.69, 9.17) is 0 Å². The summed E-state index contributed by atoms with van der Waals surface area (Å²) in [6, 6.07) is 3.75. The molecule has 0 saturated carbocycles. The Morgan fingerprint density at radius 1 is 1.29 bits per heavy atom. The number of aromatic nitrogens is 1. The maximum absolute atomic E-state index is 12.5. The summed E-state index contributed by atoms with van der Waals surface area (Å²) in [6.45, 7) is 8.15. The lowest BCUT2D eigenvalue weighted by Crippen LogP contribution is -2.59. The Kier molecular flexibility index (Phi) is 4.34. The third-order valence-corrected chi connectivity index (χ3v) is 4.97. The molecule has 3 rings (SSSR count). The lowest BCUT2D eigenvalue weighted by atomic mass is 9.77. The third kappa shape index (κ3) is 3.15. The molecular formula is C18H26N4O2. The van der Waals surface area contributed by atoms with Crippen molar-refractivity contribution >= 4 is 11.8 Å². The highest BCUT2D eigenvalue weighted by molar-refractivity contribution is 5.94. The minimum Gasteiger partial charge on any atom is -0.353 e. The van der Waals surface area contributed by atoms with E-state index in [1.54, 1.807) is 6.20 Å². The fourth-order valence-electron chi connectivity index (χ4n) is 3.86. The zero-order valence-electron chi connectivity index (χ0n) is 14.9. The fourth-order valence-corrected chi connectivity index (χ4v) is 3.86. The second-order valence-electron chi connectivity index (χ2n) is 7.65. The van der Waals surface area contributed by atoms with Crippen molar-refractivity contribution < 1.29 is 9.59 Å². The fraction of sp³-hybridized carbons (Fsp3) is 0.611. The summed E-state index contributed by atoms with van der Waals surface area (Å²) < 4.78 is 0. The van der Waals surface area contributed by atoms with Crippen molar-refractivity contribution in [1.29, 1.82) is 0 Å². The number of carbonyl (C=O) groups excluding carboxylic acids is 2. The minimum atomic E-state index is -0.0920. The molecule has 0 radical (unpaired) electrons. The number of hydrogen-bond donors (Lipinski definition) is 1. The summed E-state index contributed by atoms with van der Waals surface area (Å²) in [5.41, 5.74) is 1.60. The molecular weight excluding hydrogens is 304 g/mol. The van der Waals surface area contributed by atoms with Crippen LogP contribution < -0.4 is 5.32 Å². The van der Waals surface area contributed by atoms with Gasteiger partial charge in [-0.1, -0.05) is 0 Å². The van der Waals surface area contributed by atoms with E-state index in [1.807, 2.05) is 44.9 Å². The van der Waals surface area contributed by atoms with Gasteiger partial charge in [0, 0.05) is 43.0 Å². The summed E-state index contributed by atoms with van der Waals surface area (Å²) in [5, 5.41) is 3.00. The largest absolute Gasteiger partial charge is 0.353 e. The Morgan fingerprint density at radius 3 is 2.58 bits per heavy atom. The zero-order chi connectivity index (χ0) is 17.5. The summed E-state index contributed by atoms with van der Waals surface area (Å²) in [6.07, 6.45) is 2.46. The van der Waals surface area contributed by atoms with Crippen molar-refractivity contribution in [3.63, 3.8) is 0 Å². The molecule has 2 amide bonds. The van der Waals surface area contributed by atoms with Gasteiger partial charge in [0.05, 0.1) is 11.6 Å². The van der Waals surface area contributed by atoms with E-state index >= 15 is 0 Å². The summed E-state index contributed by atoms with van der Waals surface area (Å²) >= 11 is 0. The van der Waals surface area contributed by atoms with Crippen LogP contribution in [0.2, 0.25) is 0 Å². The van der Waals surface area contributed by atoms with Crippen LogP contribution in [0.3, 0.4) is 0 Å². The van der Waals surface area contributed by atoms with Gasteiger partial charge in [0.25, 0.3) is 5.91 Å². The number of aryl methyl sites for hydroxylation is 1. The number of nitrogens with one attached hydrogen (secondary N) is 1. The lowest BCUT2D eigenvalue weighted by molar-refractivity contribution is -0.125. The number of likely N-dealkylation sites (N-methyl/N-ethyl adjacent to an activating group) is 1. The quantitative estimate of drug-likeness (QED) is 0.900. The van der Waals surface area contributed by atoms with E-state index < -0.39 is 0 Å². The van der Waals surface area contributed by atoms with Crippen molar-refractivity contribution in [2.24, 2.45) is 5.41 Å². The number of carbonyl (C=O) groups is 2. The highest BCUT2D eigenvalue weighted by atomic mass is 16.2. The average molecular weight is 330 g/mol. The molecule has 1 aromatic rings. The van der Waals surface area contributed by atoms with Gasteiger partial charge in [0.2, 0.25) is 5.91 Å². The van der Waals surface area contributed by atoms with Crippen LogP contribution in [0.25, 0.3) is 0 Å². The Morgan fingerprint density at radius 2 is 2.00 bits per heavy atom. The number of likely N-dealkylation sites (tertiary alicyclic amines) is 2. The molecule has 1 spiro atoms. The predicted octanol–water partition coefficient (Wildman–Crippen LogP) is 1.06. The second kappa shape index (κ2) is 6.16. The summed E-state index contributed by atoms with van der Waals surface area (Å²) in [4.78, 5) is 33.0. The molecule has 24 heavy (non-hydrogen) atoms. The van der Waals surface area contributed by atoms with Gasteiger partial charge in [-0.2, -0.15) is 0 Å². The topological polar surface area (TPSA) is 65.5 Å². The van der Waals surface area contributed by atoms with Crippen molar-refractivity contribution in [1.82, 2.24) is 20.1 Å². The number of hydrogen-bond acceptors (Lipinski definition) is 4. The Bertz CT molecular complexity index is 635. The molecule has 2 aliphatic rings. The number of rotatable bonds is 3. The van der Waals surface area contributed by atoms with Crippen LogP contribution in [0.5, 0.6) is 0 Å². The predicted molar refractivity (Wildman–Crippen MR) is 91.6 cm³/mol. The van der Waals surface area contributed by atoms with Gasteiger partial charge in [-0.05, 0) is 46.4 Å². The van der Waals surface area contributed by atoms with Crippen LogP contribution in [0.1, 0.15) is 36.3 Å². The van der Waals surface area contributed by atoms with Gasteiger partial charge in [-0.15, -0.1) is 0 Å². The highest BCUT2D eigenvalue weighted by Crippen LogP contribution is 2.42. The van der Waals surface area contributed by atoms with E-state index in [0.29, 0.717) is 5.56 Å². The van der Waals surface area contributed by atoms with Crippen molar-refractivity contribution in [3.05, 3.63) is 29.6 Å². The normalized spacial score (nSPS) is 22.7. The molecule has 6 nitrogen and oxygen atoms in total. The molecule has 1 N–H and O–H groups in total. The molecule has 2 saturated heterocycles. The van der Waals surface area contributed by atoms with Crippen molar-refractivity contribution in [2.45, 2.75) is 39.3 Å². The first-order valence-corrected chi connectivity index (χ1v) is 8.52. The number of pyridine rings is 1. The molecule has 0 aromatic carbocycles. The maximum atomic E-state index is 12.5. The van der Waals surface area contributed by atoms with E-state index in [2.05, 4.69) is 15.2 Å². The van der Waals surface area contributed by atoms with Gasteiger partial charge in [0.15, 0.2) is 0 Å². The van der Waals surface area contributed by atoms with Gasteiger partial charge >= 0.3 is 0 Å². The van der Waals surface area contributed by atoms with Crippen LogP contribution in [-0.2, 0) is 4.79 Å². The van der Waals surface area contributed by atoms with E-state index in [9.17, 15) is 9.59 Å². The number of amides is 2. The Balaban J connectivity index is 1.60. The maximum Gasteiger partial charge on any atom is 0.255 e. The summed E-state index contributed by atoms with van der Waals surface area (Å²) in [5.74, 6) is 0.128. The van der Waals surface area contributed by atoms with Gasteiger partial charge in [-0.3, -0.25) is 19.5 Å². The monoisotopic (exact) mass is 330 g/mol. The zero-order valence-corrected chi connectivity index (χ0v) is 14.9. The Labute approximate surface area is 143 Å². The molecule has 130 valence electrons. The average Bonchev–Trinajstić information content (AvgIpc) is 2.83. The molecule has 3 heterocycles. The standard InChI is InChI=1S/C18H26N4O2/c1-12(2)20-16(23)15-7-18(9-21(15)4)10-22(11-18)17(24)14-6-5-13(3)19-8-14/h5-6,8,12,15H,7,9-11H2,1-4H3,(H,20,23). The smallest absolute Gasteiger partial charge is 0.255 e. The second-order valence-corrected chi connectivity index (χ2v) is 7.65. The van der Waals surface area contributed by atoms with E-state index in [0.717, 1.165) is 31.7 Å². The first-order valence-electron chi connectivity index (χ1n) is 8.52. The van der Waals surface area contributed by atoms with Gasteiger partial charge in [-0.25, -0.2) is 0 Å². The minimum absolute atomic E-state index is 0.0332. The van der Waals surface area contributed by atoms with E-state index in [1.165, 1.54) is 0 Å². The van der Waals surface area contributed by atoms with Crippen LogP contribution >= 0.6 is 0 Å². The van der Waals surface area contributed by atoms with Gasteiger partial charge in [0.1, 0.15) is 0 Å².